The average Bonchev–Trinajstić information content (AvgIpc) is 3.59. The van der Waals surface area contributed by atoms with Gasteiger partial charge in [-0.15, -0.1) is 10.2 Å². The normalized spacial score (nSPS) is 16.3. The molecule has 5 rings (SSSR count). The van der Waals surface area contributed by atoms with E-state index >= 15 is 0 Å². The predicted octanol–water partition coefficient (Wildman–Crippen LogP) is 5.05. The van der Waals surface area contributed by atoms with Crippen LogP contribution in [0.5, 0.6) is 11.5 Å². The molecule has 1 aliphatic heterocycles. The van der Waals surface area contributed by atoms with Crippen molar-refractivity contribution >= 4 is 0 Å². The second-order valence-corrected chi connectivity index (χ2v) is 8.07. The highest BCUT2D eigenvalue weighted by Gasteiger charge is 2.30. The molecular formula is C25H26N4O4. The first-order valence-corrected chi connectivity index (χ1v) is 11.0. The number of nitrogens with zero attached hydrogens (tertiary/aromatic N) is 4. The molecule has 0 N–H and O–H groups in total. The zero-order valence-corrected chi connectivity index (χ0v) is 18.9. The van der Waals surface area contributed by atoms with Crippen molar-refractivity contribution in [3.63, 3.8) is 0 Å². The quantitative estimate of drug-likeness (QED) is 0.390. The first-order chi connectivity index (χ1) is 16.2. The molecule has 4 aromatic rings. The summed E-state index contributed by atoms with van der Waals surface area (Å²) < 4.78 is 22.6. The van der Waals surface area contributed by atoms with Crippen molar-refractivity contribution in [1.29, 1.82) is 0 Å². The van der Waals surface area contributed by atoms with Crippen LogP contribution in [0.1, 0.15) is 36.1 Å². The minimum absolute atomic E-state index is 0.183. The largest absolute Gasteiger partial charge is 0.497 e. The van der Waals surface area contributed by atoms with E-state index in [-0.39, 0.29) is 6.04 Å². The molecule has 1 unspecified atom stereocenters. The van der Waals surface area contributed by atoms with Gasteiger partial charge >= 0.3 is 0 Å². The monoisotopic (exact) mass is 446 g/mol. The second-order valence-electron chi connectivity index (χ2n) is 8.07. The standard InChI is InChI=1S/C25H26N4O4/c1-16-23(24(28-33-16)17-8-5-4-6-9-17)25-27-26-22(32-25)15-29-13-7-10-20(29)19-14-18(30-2)11-12-21(19)31-3/h4-6,8-9,11-12,14,20H,7,10,13,15H2,1-3H3. The van der Waals surface area contributed by atoms with E-state index in [2.05, 4.69) is 20.3 Å². The molecule has 1 fully saturated rings. The topological polar surface area (TPSA) is 86.7 Å². The first-order valence-electron chi connectivity index (χ1n) is 11.0. The van der Waals surface area contributed by atoms with Crippen LogP contribution in [0.4, 0.5) is 0 Å². The van der Waals surface area contributed by atoms with Gasteiger partial charge in [-0.3, -0.25) is 4.90 Å². The molecule has 3 heterocycles. The summed E-state index contributed by atoms with van der Waals surface area (Å²) in [7, 11) is 3.37. The third-order valence-electron chi connectivity index (χ3n) is 6.09. The Morgan fingerprint density at radius 2 is 1.91 bits per heavy atom. The Hall–Kier alpha value is -3.65. The number of hydrogen-bond donors (Lipinski definition) is 0. The molecule has 8 nitrogen and oxygen atoms in total. The molecule has 0 saturated carbocycles. The van der Waals surface area contributed by atoms with Crippen LogP contribution >= 0.6 is 0 Å². The zero-order valence-electron chi connectivity index (χ0n) is 18.9. The molecular weight excluding hydrogens is 420 g/mol. The SMILES string of the molecule is COc1ccc(OC)c(C2CCCN2Cc2nnc(-c3c(-c4ccccc4)noc3C)o2)c1. The van der Waals surface area contributed by atoms with Gasteiger partial charge in [-0.1, -0.05) is 35.5 Å². The van der Waals surface area contributed by atoms with Crippen LogP contribution in [0, 0.1) is 6.92 Å². The Morgan fingerprint density at radius 1 is 1.06 bits per heavy atom. The van der Waals surface area contributed by atoms with Crippen molar-refractivity contribution in [2.24, 2.45) is 0 Å². The Labute approximate surface area is 192 Å². The second kappa shape index (κ2) is 9.07. The van der Waals surface area contributed by atoms with Crippen LogP contribution in [0.15, 0.2) is 57.5 Å². The van der Waals surface area contributed by atoms with E-state index in [1.807, 2.05) is 55.5 Å². The number of methoxy groups -OCH3 is 2. The summed E-state index contributed by atoms with van der Waals surface area (Å²) in [4.78, 5) is 2.34. The first kappa shape index (κ1) is 21.2. The van der Waals surface area contributed by atoms with Crippen LogP contribution in [0.2, 0.25) is 0 Å². The number of ether oxygens (including phenoxy) is 2. The van der Waals surface area contributed by atoms with Crippen LogP contribution in [0.3, 0.4) is 0 Å². The van der Waals surface area contributed by atoms with Gasteiger partial charge in [0, 0.05) is 17.2 Å². The average molecular weight is 447 g/mol. The molecule has 0 amide bonds. The van der Waals surface area contributed by atoms with Crippen molar-refractivity contribution in [3.8, 4) is 34.2 Å². The van der Waals surface area contributed by atoms with Crippen molar-refractivity contribution < 1.29 is 18.4 Å². The summed E-state index contributed by atoms with van der Waals surface area (Å²) in [5.74, 6) is 3.28. The molecule has 2 aromatic heterocycles. The summed E-state index contributed by atoms with van der Waals surface area (Å²) in [6.07, 6.45) is 2.10. The van der Waals surface area contributed by atoms with Crippen molar-refractivity contribution in [2.45, 2.75) is 32.4 Å². The number of aryl methyl sites for hydroxylation is 1. The highest BCUT2D eigenvalue weighted by Crippen LogP contribution is 2.40. The molecule has 0 radical (unpaired) electrons. The summed E-state index contributed by atoms with van der Waals surface area (Å²) in [6.45, 7) is 3.33. The molecule has 170 valence electrons. The van der Waals surface area contributed by atoms with Gasteiger partial charge in [-0.25, -0.2) is 0 Å². The maximum absolute atomic E-state index is 6.10. The molecule has 2 aromatic carbocycles. The molecule has 1 aliphatic rings. The molecule has 33 heavy (non-hydrogen) atoms. The van der Waals surface area contributed by atoms with E-state index in [1.54, 1.807) is 14.2 Å². The molecule has 1 saturated heterocycles. The highest BCUT2D eigenvalue weighted by molar-refractivity contribution is 5.77. The van der Waals surface area contributed by atoms with E-state index < -0.39 is 0 Å². The van der Waals surface area contributed by atoms with E-state index in [1.165, 1.54) is 0 Å². The van der Waals surface area contributed by atoms with E-state index in [0.717, 1.165) is 47.6 Å². The number of likely N-dealkylation sites (tertiary alicyclic amines) is 1. The Morgan fingerprint density at radius 3 is 2.70 bits per heavy atom. The third kappa shape index (κ3) is 4.09. The zero-order chi connectivity index (χ0) is 22.8. The molecule has 8 heteroatoms. The van der Waals surface area contributed by atoms with Gasteiger partial charge in [0.25, 0.3) is 5.89 Å². The Balaban J connectivity index is 1.41. The van der Waals surface area contributed by atoms with Crippen LogP contribution in [0.25, 0.3) is 22.7 Å². The van der Waals surface area contributed by atoms with Gasteiger partial charge in [0.1, 0.15) is 28.5 Å². The third-order valence-corrected chi connectivity index (χ3v) is 6.09. The molecule has 0 spiro atoms. The highest BCUT2D eigenvalue weighted by atomic mass is 16.5. The van der Waals surface area contributed by atoms with Crippen LogP contribution in [-0.2, 0) is 6.54 Å². The number of benzene rings is 2. The lowest BCUT2D eigenvalue weighted by Crippen LogP contribution is -2.23. The fourth-order valence-electron chi connectivity index (χ4n) is 4.48. The summed E-state index contributed by atoms with van der Waals surface area (Å²) in [5, 5.41) is 12.9. The lowest BCUT2D eigenvalue weighted by atomic mass is 10.0. The summed E-state index contributed by atoms with van der Waals surface area (Å²) in [6, 6.07) is 15.9. The minimum Gasteiger partial charge on any atom is -0.497 e. The van der Waals surface area contributed by atoms with Crippen molar-refractivity contribution in [2.75, 3.05) is 20.8 Å². The number of hydrogen-bond acceptors (Lipinski definition) is 8. The van der Waals surface area contributed by atoms with Gasteiger partial charge in [0.2, 0.25) is 5.89 Å². The van der Waals surface area contributed by atoms with Gasteiger partial charge in [-0.2, -0.15) is 0 Å². The lowest BCUT2D eigenvalue weighted by molar-refractivity contribution is 0.220. The summed E-state index contributed by atoms with van der Waals surface area (Å²) >= 11 is 0. The van der Waals surface area contributed by atoms with Crippen molar-refractivity contribution in [1.82, 2.24) is 20.3 Å². The molecule has 1 atom stereocenters. The smallest absolute Gasteiger partial charge is 0.253 e. The Bertz CT molecular complexity index is 1230. The number of rotatable bonds is 7. The maximum atomic E-state index is 6.10. The fraction of sp³-hybridized carbons (Fsp3) is 0.320. The van der Waals surface area contributed by atoms with E-state index in [4.69, 9.17) is 18.4 Å². The van der Waals surface area contributed by atoms with E-state index in [0.29, 0.717) is 29.8 Å². The van der Waals surface area contributed by atoms with Gasteiger partial charge in [-0.05, 0) is 44.5 Å². The predicted molar refractivity (Wildman–Crippen MR) is 122 cm³/mol. The van der Waals surface area contributed by atoms with Gasteiger partial charge in [0.15, 0.2) is 0 Å². The van der Waals surface area contributed by atoms with Gasteiger partial charge in [0.05, 0.1) is 20.8 Å². The maximum Gasteiger partial charge on any atom is 0.253 e. The van der Waals surface area contributed by atoms with E-state index in [9.17, 15) is 0 Å². The molecule has 0 aliphatic carbocycles. The van der Waals surface area contributed by atoms with Crippen LogP contribution < -0.4 is 9.47 Å². The molecule has 0 bridgehead atoms. The summed E-state index contributed by atoms with van der Waals surface area (Å²) in [5.41, 5.74) is 3.47. The van der Waals surface area contributed by atoms with Gasteiger partial charge < -0.3 is 18.4 Å². The number of aromatic nitrogens is 3. The minimum atomic E-state index is 0.183. The lowest BCUT2D eigenvalue weighted by Gasteiger charge is -2.25. The van der Waals surface area contributed by atoms with Crippen LogP contribution in [-0.4, -0.2) is 41.0 Å². The van der Waals surface area contributed by atoms with Crippen molar-refractivity contribution in [3.05, 3.63) is 65.7 Å². The fourth-order valence-corrected chi connectivity index (χ4v) is 4.48. The Kier molecular flexibility index (Phi) is 5.83.